The summed E-state index contributed by atoms with van der Waals surface area (Å²) in [5.74, 6) is -0.877. The number of nitrogens with two attached hydrogens (primary N) is 1. The molecule has 0 aliphatic rings. The molecule has 4 nitrogen and oxygen atoms in total. The molecule has 0 saturated carbocycles. The number of rotatable bonds is 4. The average Bonchev–Trinajstić information content (AvgIpc) is 2.51. The smallest absolute Gasteiger partial charge is 0.258 e. The van der Waals surface area contributed by atoms with Gasteiger partial charge in [0.05, 0.1) is 18.2 Å². The lowest BCUT2D eigenvalue weighted by atomic mass is 10.1. The molecule has 0 unspecified atom stereocenters. The van der Waals surface area contributed by atoms with Gasteiger partial charge in [-0.05, 0) is 30.3 Å². The Bertz CT molecular complexity index is 680. The summed E-state index contributed by atoms with van der Waals surface area (Å²) in [5, 5.41) is 8.74. The van der Waals surface area contributed by atoms with E-state index in [-0.39, 0.29) is 30.1 Å². The van der Waals surface area contributed by atoms with Crippen molar-refractivity contribution in [3.05, 3.63) is 59.9 Å². The second kappa shape index (κ2) is 6.53. The van der Waals surface area contributed by atoms with E-state index < -0.39 is 5.82 Å². The maximum atomic E-state index is 13.2. The Labute approximate surface area is 122 Å². The Morgan fingerprint density at radius 1 is 1.24 bits per heavy atom. The second-order valence-corrected chi connectivity index (χ2v) is 4.44. The molecule has 0 saturated heterocycles. The molecule has 0 fully saturated rings. The number of nitriles is 1. The summed E-state index contributed by atoms with van der Waals surface area (Å²) in [6.45, 7) is 0.261. The van der Waals surface area contributed by atoms with Crippen molar-refractivity contribution >= 4 is 17.3 Å². The Kier molecular flexibility index (Phi) is 4.52. The molecular formula is C16H14FN3O. The zero-order chi connectivity index (χ0) is 15.2. The third-order valence-corrected chi connectivity index (χ3v) is 3.00. The van der Waals surface area contributed by atoms with Crippen LogP contribution < -0.4 is 10.6 Å². The van der Waals surface area contributed by atoms with Gasteiger partial charge in [0.25, 0.3) is 5.91 Å². The minimum Gasteiger partial charge on any atom is -0.396 e. The first-order valence-corrected chi connectivity index (χ1v) is 6.42. The molecule has 0 aromatic heterocycles. The van der Waals surface area contributed by atoms with E-state index in [1.807, 2.05) is 12.1 Å². The van der Waals surface area contributed by atoms with Gasteiger partial charge in [-0.1, -0.05) is 18.2 Å². The molecule has 2 aromatic carbocycles. The number of nitrogen functional groups attached to an aromatic ring is 1. The Hall–Kier alpha value is -2.87. The molecule has 0 radical (unpaired) electrons. The highest BCUT2D eigenvalue weighted by Gasteiger charge is 2.18. The molecule has 0 aliphatic heterocycles. The molecule has 0 aliphatic carbocycles. The lowest BCUT2D eigenvalue weighted by Crippen LogP contribution is -2.31. The van der Waals surface area contributed by atoms with E-state index in [0.717, 1.165) is 6.07 Å². The number of carbonyl (C=O) groups is 1. The first kappa shape index (κ1) is 14.5. The number of nitrogens with zero attached hydrogens (tertiary/aromatic N) is 2. The zero-order valence-electron chi connectivity index (χ0n) is 11.3. The Balaban J connectivity index is 2.34. The maximum absolute atomic E-state index is 13.2. The van der Waals surface area contributed by atoms with Crippen LogP contribution in [0.15, 0.2) is 48.5 Å². The molecule has 106 valence electrons. The number of hydrogen-bond acceptors (Lipinski definition) is 3. The van der Waals surface area contributed by atoms with E-state index in [1.165, 1.54) is 17.0 Å². The quantitative estimate of drug-likeness (QED) is 0.877. The maximum Gasteiger partial charge on any atom is 0.258 e. The molecule has 0 spiro atoms. The van der Waals surface area contributed by atoms with Crippen LogP contribution in [-0.4, -0.2) is 12.5 Å². The number of carbonyl (C=O) groups excluding carboxylic acids is 1. The summed E-state index contributed by atoms with van der Waals surface area (Å²) in [6, 6.07) is 14.9. The molecule has 2 rings (SSSR count). The summed E-state index contributed by atoms with van der Waals surface area (Å²) in [6.07, 6.45) is 0.206. The summed E-state index contributed by atoms with van der Waals surface area (Å²) < 4.78 is 13.2. The van der Waals surface area contributed by atoms with Crippen LogP contribution in [0.2, 0.25) is 0 Å². The molecule has 0 heterocycles. The van der Waals surface area contributed by atoms with E-state index in [1.54, 1.807) is 24.3 Å². The minimum absolute atomic E-state index is 0.0749. The van der Waals surface area contributed by atoms with Gasteiger partial charge in [-0.25, -0.2) is 4.39 Å². The molecule has 1 amide bonds. The third kappa shape index (κ3) is 3.37. The Morgan fingerprint density at radius 3 is 2.57 bits per heavy atom. The monoisotopic (exact) mass is 283 g/mol. The van der Waals surface area contributed by atoms with Crippen molar-refractivity contribution in [3.63, 3.8) is 0 Å². The molecular weight excluding hydrogens is 269 g/mol. The molecule has 2 aromatic rings. The highest BCUT2D eigenvalue weighted by molar-refractivity contribution is 6.06. The minimum atomic E-state index is -0.560. The number of halogens is 1. The molecule has 2 N–H and O–H groups in total. The van der Waals surface area contributed by atoms with Gasteiger partial charge in [0.2, 0.25) is 0 Å². The van der Waals surface area contributed by atoms with Crippen LogP contribution in [0.3, 0.4) is 0 Å². The first-order valence-electron chi connectivity index (χ1n) is 6.42. The van der Waals surface area contributed by atoms with Gasteiger partial charge in [-0.2, -0.15) is 5.26 Å². The fourth-order valence-corrected chi connectivity index (χ4v) is 1.95. The van der Waals surface area contributed by atoms with Gasteiger partial charge in [0.15, 0.2) is 0 Å². The molecule has 5 heteroatoms. The van der Waals surface area contributed by atoms with Gasteiger partial charge in [0, 0.05) is 17.8 Å². The summed E-state index contributed by atoms with van der Waals surface area (Å²) >= 11 is 0. The van der Waals surface area contributed by atoms with Crippen molar-refractivity contribution in [3.8, 4) is 6.07 Å². The number of benzene rings is 2. The van der Waals surface area contributed by atoms with E-state index in [2.05, 4.69) is 0 Å². The van der Waals surface area contributed by atoms with E-state index >= 15 is 0 Å². The zero-order valence-corrected chi connectivity index (χ0v) is 11.3. The van der Waals surface area contributed by atoms with Crippen molar-refractivity contribution in [1.82, 2.24) is 0 Å². The van der Waals surface area contributed by atoms with Crippen molar-refractivity contribution < 1.29 is 9.18 Å². The lowest BCUT2D eigenvalue weighted by Gasteiger charge is -2.22. The molecule has 21 heavy (non-hydrogen) atoms. The van der Waals surface area contributed by atoms with Gasteiger partial charge < -0.3 is 10.6 Å². The number of anilines is 2. The Morgan fingerprint density at radius 2 is 1.95 bits per heavy atom. The number of para-hydroxylation sites is 1. The fraction of sp³-hybridized carbons (Fsp3) is 0.125. The van der Waals surface area contributed by atoms with Crippen LogP contribution >= 0.6 is 0 Å². The van der Waals surface area contributed by atoms with Crippen LogP contribution in [-0.2, 0) is 0 Å². The van der Waals surface area contributed by atoms with Gasteiger partial charge in [0.1, 0.15) is 5.82 Å². The number of hydrogen-bond donors (Lipinski definition) is 1. The predicted octanol–water partition coefficient (Wildman–Crippen LogP) is 2.97. The van der Waals surface area contributed by atoms with E-state index in [9.17, 15) is 9.18 Å². The summed E-state index contributed by atoms with van der Waals surface area (Å²) in [7, 11) is 0. The topological polar surface area (TPSA) is 70.1 Å². The third-order valence-electron chi connectivity index (χ3n) is 3.00. The second-order valence-electron chi connectivity index (χ2n) is 4.44. The normalized spacial score (nSPS) is 9.90. The van der Waals surface area contributed by atoms with Crippen molar-refractivity contribution in [2.75, 3.05) is 17.2 Å². The lowest BCUT2D eigenvalue weighted by molar-refractivity contribution is 0.0987. The summed E-state index contributed by atoms with van der Waals surface area (Å²) in [4.78, 5) is 14.0. The molecule has 0 bridgehead atoms. The van der Waals surface area contributed by atoms with Gasteiger partial charge >= 0.3 is 0 Å². The fourth-order valence-electron chi connectivity index (χ4n) is 1.95. The standard InChI is InChI=1S/C16H14FN3O/c17-14-8-7-12(11-15(14)19)16(21)20(10-4-9-18)13-5-2-1-3-6-13/h1-3,5-8,11H,4,10,19H2. The molecule has 0 atom stereocenters. The van der Waals surface area contributed by atoms with E-state index in [0.29, 0.717) is 5.69 Å². The highest BCUT2D eigenvalue weighted by atomic mass is 19.1. The van der Waals surface area contributed by atoms with Crippen LogP contribution in [0.25, 0.3) is 0 Å². The van der Waals surface area contributed by atoms with Crippen molar-refractivity contribution in [1.29, 1.82) is 5.26 Å². The van der Waals surface area contributed by atoms with Crippen molar-refractivity contribution in [2.24, 2.45) is 0 Å². The van der Waals surface area contributed by atoms with Gasteiger partial charge in [-0.3, -0.25) is 4.79 Å². The van der Waals surface area contributed by atoms with Crippen LogP contribution in [0.5, 0.6) is 0 Å². The first-order chi connectivity index (χ1) is 10.1. The summed E-state index contributed by atoms with van der Waals surface area (Å²) in [5.41, 5.74) is 6.39. The van der Waals surface area contributed by atoms with Crippen LogP contribution in [0.1, 0.15) is 16.8 Å². The SMILES string of the molecule is N#CCCN(C(=O)c1ccc(F)c(N)c1)c1ccccc1. The van der Waals surface area contributed by atoms with Crippen molar-refractivity contribution in [2.45, 2.75) is 6.42 Å². The van der Waals surface area contributed by atoms with Gasteiger partial charge in [-0.15, -0.1) is 0 Å². The van der Waals surface area contributed by atoms with Crippen LogP contribution in [0, 0.1) is 17.1 Å². The van der Waals surface area contributed by atoms with Crippen LogP contribution in [0.4, 0.5) is 15.8 Å². The number of amides is 1. The highest BCUT2D eigenvalue weighted by Crippen LogP contribution is 2.19. The average molecular weight is 283 g/mol. The van der Waals surface area contributed by atoms with E-state index in [4.69, 9.17) is 11.0 Å². The largest absolute Gasteiger partial charge is 0.396 e. The predicted molar refractivity (Wildman–Crippen MR) is 79.2 cm³/mol.